The summed E-state index contributed by atoms with van der Waals surface area (Å²) in [5.74, 6) is 0.0418. The lowest BCUT2D eigenvalue weighted by atomic mass is 9.80. The van der Waals surface area contributed by atoms with E-state index in [4.69, 9.17) is 9.47 Å². The summed E-state index contributed by atoms with van der Waals surface area (Å²) in [7, 11) is 1.29. The van der Waals surface area contributed by atoms with Gasteiger partial charge in [-0.3, -0.25) is 0 Å². The van der Waals surface area contributed by atoms with Crippen molar-refractivity contribution in [1.82, 2.24) is 4.90 Å². The van der Waals surface area contributed by atoms with Gasteiger partial charge in [0.25, 0.3) is 0 Å². The smallest absolute Gasteiger partial charge is 0.416 e. The molecule has 2 unspecified atom stereocenters. The molecule has 2 atom stereocenters. The van der Waals surface area contributed by atoms with Gasteiger partial charge in [-0.25, -0.2) is 4.79 Å². The van der Waals surface area contributed by atoms with Gasteiger partial charge in [0.05, 0.1) is 18.3 Å². The van der Waals surface area contributed by atoms with Crippen molar-refractivity contribution in [2.45, 2.75) is 75.9 Å². The van der Waals surface area contributed by atoms with Crippen molar-refractivity contribution in [3.63, 3.8) is 0 Å². The fraction of sp³-hybridized carbons (Fsp3) is 0.650. The zero-order chi connectivity index (χ0) is 20.9. The van der Waals surface area contributed by atoms with Gasteiger partial charge in [0.1, 0.15) is 11.4 Å². The van der Waals surface area contributed by atoms with E-state index < -0.39 is 29.0 Å². The summed E-state index contributed by atoms with van der Waals surface area (Å²) < 4.78 is 50.3. The molecule has 28 heavy (non-hydrogen) atoms. The van der Waals surface area contributed by atoms with Crippen molar-refractivity contribution in [2.75, 3.05) is 7.11 Å². The minimum Gasteiger partial charge on any atom is -0.497 e. The number of amides is 1. The van der Waals surface area contributed by atoms with Crippen LogP contribution in [0.1, 0.15) is 57.6 Å². The highest BCUT2D eigenvalue weighted by atomic mass is 19.4. The molecule has 2 saturated heterocycles. The number of nitrogens with zero attached hydrogens (tertiary/aromatic N) is 1. The molecule has 1 N–H and O–H groups in total. The molecule has 0 radical (unpaired) electrons. The summed E-state index contributed by atoms with van der Waals surface area (Å²) in [6.07, 6.45) is -3.30. The van der Waals surface area contributed by atoms with E-state index in [1.54, 1.807) is 25.7 Å². The van der Waals surface area contributed by atoms with Gasteiger partial charge in [-0.2, -0.15) is 13.2 Å². The third-order valence-electron chi connectivity index (χ3n) is 5.38. The van der Waals surface area contributed by atoms with E-state index in [1.807, 2.05) is 0 Å². The Hall–Kier alpha value is -1.96. The van der Waals surface area contributed by atoms with Crippen LogP contribution in [0, 0.1) is 0 Å². The average molecular weight is 401 g/mol. The van der Waals surface area contributed by atoms with Crippen LogP contribution in [0.15, 0.2) is 18.2 Å². The fourth-order valence-electron chi connectivity index (χ4n) is 4.22. The number of piperidine rings is 1. The van der Waals surface area contributed by atoms with Crippen molar-refractivity contribution in [2.24, 2.45) is 0 Å². The standard InChI is InChI=1S/C20H26F3NO4/c1-18(2,3)28-17(25)24-14-5-6-15(24)11-19(26,10-14)12-7-13(20(21,22)23)9-16(8-12)27-4/h7-9,14-15,26H,5-6,10-11H2,1-4H3. The fourth-order valence-corrected chi connectivity index (χ4v) is 4.22. The number of carbonyl (C=O) groups excluding carboxylic acids is 1. The summed E-state index contributed by atoms with van der Waals surface area (Å²) in [5.41, 5.74) is -2.80. The molecule has 1 amide bonds. The molecule has 3 rings (SSSR count). The lowest BCUT2D eigenvalue weighted by Crippen LogP contribution is -2.53. The molecule has 2 heterocycles. The topological polar surface area (TPSA) is 59.0 Å². The number of hydrogen-bond acceptors (Lipinski definition) is 4. The second-order valence-corrected chi connectivity index (χ2v) is 8.66. The first-order chi connectivity index (χ1) is 12.8. The van der Waals surface area contributed by atoms with Crippen LogP contribution in [0.4, 0.5) is 18.0 Å². The van der Waals surface area contributed by atoms with Crippen LogP contribution in [0.5, 0.6) is 5.75 Å². The third-order valence-corrected chi connectivity index (χ3v) is 5.38. The molecule has 156 valence electrons. The number of hydrogen-bond donors (Lipinski definition) is 1. The molecule has 2 aliphatic rings. The highest BCUT2D eigenvalue weighted by Gasteiger charge is 2.51. The van der Waals surface area contributed by atoms with Crippen LogP contribution < -0.4 is 4.74 Å². The maximum atomic E-state index is 13.3. The van der Waals surface area contributed by atoms with Gasteiger partial charge in [0.2, 0.25) is 0 Å². The summed E-state index contributed by atoms with van der Waals surface area (Å²) in [4.78, 5) is 14.2. The summed E-state index contributed by atoms with van der Waals surface area (Å²) in [5, 5.41) is 11.3. The van der Waals surface area contributed by atoms with Crippen molar-refractivity contribution >= 4 is 6.09 Å². The van der Waals surface area contributed by atoms with Crippen LogP contribution in [0.3, 0.4) is 0 Å². The highest BCUT2D eigenvalue weighted by molar-refractivity contribution is 5.70. The van der Waals surface area contributed by atoms with Crippen LogP contribution in [-0.2, 0) is 16.5 Å². The Labute approximate surface area is 162 Å². The van der Waals surface area contributed by atoms with E-state index in [0.717, 1.165) is 12.1 Å². The van der Waals surface area contributed by atoms with E-state index in [0.29, 0.717) is 12.8 Å². The number of benzene rings is 1. The molecule has 1 aromatic rings. The zero-order valence-electron chi connectivity index (χ0n) is 16.5. The maximum Gasteiger partial charge on any atom is 0.416 e. The molecule has 2 aliphatic heterocycles. The molecule has 8 heteroatoms. The van der Waals surface area contributed by atoms with Gasteiger partial charge >= 0.3 is 12.3 Å². The summed E-state index contributed by atoms with van der Waals surface area (Å²) in [6, 6.07) is 2.78. The van der Waals surface area contributed by atoms with Gasteiger partial charge in [0.15, 0.2) is 0 Å². The van der Waals surface area contributed by atoms with Crippen LogP contribution in [0.25, 0.3) is 0 Å². The average Bonchev–Trinajstić information content (AvgIpc) is 2.84. The monoisotopic (exact) mass is 401 g/mol. The largest absolute Gasteiger partial charge is 0.497 e. The number of halogens is 3. The van der Waals surface area contributed by atoms with Gasteiger partial charge in [0, 0.05) is 24.9 Å². The Morgan fingerprint density at radius 2 is 1.71 bits per heavy atom. The predicted octanol–water partition coefficient (Wildman–Crippen LogP) is 4.46. The number of ether oxygens (including phenoxy) is 2. The molecule has 0 aromatic heterocycles. The molecular formula is C20H26F3NO4. The van der Waals surface area contributed by atoms with Crippen LogP contribution >= 0.6 is 0 Å². The molecule has 0 spiro atoms. The first kappa shape index (κ1) is 20.8. The SMILES string of the molecule is COc1cc(C(F)(F)F)cc(C2(O)CC3CCC(C2)N3C(=O)OC(C)(C)C)c1. The first-order valence-corrected chi connectivity index (χ1v) is 9.33. The summed E-state index contributed by atoms with van der Waals surface area (Å²) >= 11 is 0. The van der Waals surface area contributed by atoms with E-state index in [-0.39, 0.29) is 36.2 Å². The maximum absolute atomic E-state index is 13.3. The van der Waals surface area contributed by atoms with Gasteiger partial charge in [-0.15, -0.1) is 0 Å². The lowest BCUT2D eigenvalue weighted by Gasteiger charge is -2.44. The first-order valence-electron chi connectivity index (χ1n) is 9.33. The normalized spacial score (nSPS) is 27.6. The molecule has 2 bridgehead atoms. The minimum atomic E-state index is -4.55. The Balaban J connectivity index is 1.89. The third kappa shape index (κ3) is 4.06. The van der Waals surface area contributed by atoms with E-state index in [1.165, 1.54) is 13.2 Å². The quantitative estimate of drug-likeness (QED) is 0.795. The molecule has 0 aliphatic carbocycles. The lowest BCUT2D eigenvalue weighted by molar-refractivity contribution is -0.138. The molecule has 2 fully saturated rings. The van der Waals surface area contributed by atoms with E-state index in [9.17, 15) is 23.1 Å². The Morgan fingerprint density at radius 3 is 2.18 bits per heavy atom. The van der Waals surface area contributed by atoms with Gasteiger partial charge in [-0.1, -0.05) is 0 Å². The molecule has 5 nitrogen and oxygen atoms in total. The van der Waals surface area contributed by atoms with Crippen molar-refractivity contribution < 1.29 is 32.5 Å². The Bertz CT molecular complexity index is 743. The summed E-state index contributed by atoms with van der Waals surface area (Å²) in [6.45, 7) is 5.34. The van der Waals surface area contributed by atoms with Gasteiger partial charge in [-0.05, 0) is 57.4 Å². The van der Waals surface area contributed by atoms with E-state index >= 15 is 0 Å². The number of methoxy groups -OCH3 is 1. The molecule has 1 aromatic carbocycles. The predicted molar refractivity (Wildman–Crippen MR) is 96.0 cm³/mol. The number of fused-ring (bicyclic) bond motifs is 2. The Morgan fingerprint density at radius 1 is 1.14 bits per heavy atom. The number of alkyl halides is 3. The van der Waals surface area contributed by atoms with E-state index in [2.05, 4.69) is 0 Å². The second kappa shape index (κ2) is 6.83. The second-order valence-electron chi connectivity index (χ2n) is 8.66. The number of rotatable bonds is 2. The Kier molecular flexibility index (Phi) is 5.06. The molecule has 0 saturated carbocycles. The zero-order valence-corrected chi connectivity index (χ0v) is 16.5. The van der Waals surface area contributed by atoms with Crippen molar-refractivity contribution in [3.05, 3.63) is 29.3 Å². The van der Waals surface area contributed by atoms with Crippen molar-refractivity contribution in [1.29, 1.82) is 0 Å². The number of carbonyl (C=O) groups is 1. The minimum absolute atomic E-state index is 0.0418. The highest BCUT2D eigenvalue weighted by Crippen LogP contribution is 2.47. The van der Waals surface area contributed by atoms with Crippen LogP contribution in [0.2, 0.25) is 0 Å². The van der Waals surface area contributed by atoms with Crippen LogP contribution in [-0.4, -0.2) is 40.9 Å². The van der Waals surface area contributed by atoms with Crippen molar-refractivity contribution in [3.8, 4) is 5.75 Å². The number of aliphatic hydroxyl groups is 1. The molecular weight excluding hydrogens is 375 g/mol. The van der Waals surface area contributed by atoms with Gasteiger partial charge < -0.3 is 19.5 Å².